The lowest BCUT2D eigenvalue weighted by atomic mass is 10.1. The molecular formula is C21H24N6O2. The number of piperazine rings is 1. The fourth-order valence-corrected chi connectivity index (χ4v) is 3.73. The van der Waals surface area contributed by atoms with Crippen LogP contribution in [-0.2, 0) is 4.79 Å². The number of pyridine rings is 1. The minimum Gasteiger partial charge on any atom is -0.365 e. The second kappa shape index (κ2) is 8.30. The van der Waals surface area contributed by atoms with Crippen LogP contribution in [0.4, 0.5) is 5.69 Å². The summed E-state index contributed by atoms with van der Waals surface area (Å²) in [5.74, 6) is -0.117. The summed E-state index contributed by atoms with van der Waals surface area (Å²) in [7, 11) is 0. The molecule has 1 aliphatic rings. The standard InChI is InChI=1S/C21H24N6O2/c1-15-14-26(10-11-27(15)18-4-7-22-8-5-18)20(28)6-9-23-21(29)16-2-3-19-17(12-16)13-24-25-19/h2-5,7-8,12-13,15H,6,9-11,14H2,1H3,(H,23,29)(H,24,25). The average Bonchev–Trinajstić information content (AvgIpc) is 3.22. The number of aromatic nitrogens is 3. The van der Waals surface area contributed by atoms with Crippen LogP contribution in [0.3, 0.4) is 0 Å². The number of hydrogen-bond donors (Lipinski definition) is 2. The Morgan fingerprint density at radius 2 is 2.03 bits per heavy atom. The molecule has 2 aromatic heterocycles. The van der Waals surface area contributed by atoms with Crippen molar-refractivity contribution < 1.29 is 9.59 Å². The van der Waals surface area contributed by atoms with E-state index < -0.39 is 0 Å². The Kier molecular flexibility index (Phi) is 5.41. The van der Waals surface area contributed by atoms with E-state index in [1.54, 1.807) is 30.7 Å². The van der Waals surface area contributed by atoms with Gasteiger partial charge in [0.15, 0.2) is 0 Å². The van der Waals surface area contributed by atoms with Crippen molar-refractivity contribution in [1.82, 2.24) is 25.4 Å². The third kappa shape index (κ3) is 4.21. The fourth-order valence-electron chi connectivity index (χ4n) is 3.73. The smallest absolute Gasteiger partial charge is 0.251 e. The van der Waals surface area contributed by atoms with E-state index in [-0.39, 0.29) is 17.9 Å². The van der Waals surface area contributed by atoms with E-state index in [0.29, 0.717) is 31.6 Å². The highest BCUT2D eigenvalue weighted by Crippen LogP contribution is 2.20. The van der Waals surface area contributed by atoms with E-state index in [2.05, 4.69) is 32.3 Å². The van der Waals surface area contributed by atoms with Gasteiger partial charge < -0.3 is 15.1 Å². The summed E-state index contributed by atoms with van der Waals surface area (Å²) in [6.07, 6.45) is 5.54. The monoisotopic (exact) mass is 392 g/mol. The van der Waals surface area contributed by atoms with Crippen LogP contribution in [0, 0.1) is 0 Å². The molecule has 0 saturated carbocycles. The Hall–Kier alpha value is -3.42. The molecule has 3 heterocycles. The largest absolute Gasteiger partial charge is 0.365 e. The van der Waals surface area contributed by atoms with Crippen LogP contribution in [0.5, 0.6) is 0 Å². The summed E-state index contributed by atoms with van der Waals surface area (Å²) in [6.45, 7) is 4.57. The van der Waals surface area contributed by atoms with E-state index in [4.69, 9.17) is 0 Å². The van der Waals surface area contributed by atoms with Crippen LogP contribution in [0.1, 0.15) is 23.7 Å². The van der Waals surface area contributed by atoms with Gasteiger partial charge in [-0.1, -0.05) is 0 Å². The van der Waals surface area contributed by atoms with Crippen LogP contribution >= 0.6 is 0 Å². The number of rotatable bonds is 5. The van der Waals surface area contributed by atoms with E-state index in [9.17, 15) is 9.59 Å². The SMILES string of the molecule is CC1CN(C(=O)CCNC(=O)c2ccc3[nH]ncc3c2)CCN1c1ccncc1. The van der Waals surface area contributed by atoms with Crippen molar-refractivity contribution in [3.05, 3.63) is 54.5 Å². The topological polar surface area (TPSA) is 94.2 Å². The molecule has 1 saturated heterocycles. The Morgan fingerprint density at radius 3 is 2.83 bits per heavy atom. The molecule has 1 fully saturated rings. The number of aromatic amines is 1. The van der Waals surface area contributed by atoms with Crippen LogP contribution in [-0.4, -0.2) is 64.1 Å². The molecule has 0 bridgehead atoms. The zero-order chi connectivity index (χ0) is 20.2. The predicted octanol–water partition coefficient (Wildman–Crippen LogP) is 1.82. The third-order valence-electron chi connectivity index (χ3n) is 5.30. The number of carbonyl (C=O) groups is 2. The van der Waals surface area contributed by atoms with Crippen LogP contribution < -0.4 is 10.2 Å². The van der Waals surface area contributed by atoms with Gasteiger partial charge in [0.2, 0.25) is 5.91 Å². The van der Waals surface area contributed by atoms with Crippen molar-refractivity contribution in [3.63, 3.8) is 0 Å². The molecule has 1 aromatic carbocycles. The number of anilines is 1. The zero-order valence-corrected chi connectivity index (χ0v) is 16.3. The number of carbonyl (C=O) groups excluding carboxylic acids is 2. The molecule has 29 heavy (non-hydrogen) atoms. The van der Waals surface area contributed by atoms with E-state index >= 15 is 0 Å². The van der Waals surface area contributed by atoms with Crippen molar-refractivity contribution in [2.75, 3.05) is 31.1 Å². The van der Waals surface area contributed by atoms with Gasteiger partial charge in [-0.25, -0.2) is 0 Å². The summed E-state index contributed by atoms with van der Waals surface area (Å²) >= 11 is 0. The van der Waals surface area contributed by atoms with Crippen molar-refractivity contribution >= 4 is 28.4 Å². The molecule has 0 aliphatic carbocycles. The molecule has 1 unspecified atom stereocenters. The second-order valence-corrected chi connectivity index (χ2v) is 7.27. The molecule has 2 N–H and O–H groups in total. The number of amides is 2. The first-order chi connectivity index (χ1) is 14.1. The van der Waals surface area contributed by atoms with Gasteiger partial charge >= 0.3 is 0 Å². The molecule has 150 valence electrons. The molecular weight excluding hydrogens is 368 g/mol. The molecule has 2 amide bonds. The maximum atomic E-state index is 12.6. The summed E-state index contributed by atoms with van der Waals surface area (Å²) in [5.41, 5.74) is 2.57. The maximum absolute atomic E-state index is 12.6. The Balaban J connectivity index is 1.26. The second-order valence-electron chi connectivity index (χ2n) is 7.27. The van der Waals surface area contributed by atoms with Gasteiger partial charge in [-0.3, -0.25) is 19.7 Å². The van der Waals surface area contributed by atoms with Crippen LogP contribution in [0.15, 0.2) is 48.9 Å². The number of nitrogens with zero attached hydrogens (tertiary/aromatic N) is 4. The van der Waals surface area contributed by atoms with E-state index in [1.807, 2.05) is 23.1 Å². The van der Waals surface area contributed by atoms with Crippen molar-refractivity contribution in [3.8, 4) is 0 Å². The fraction of sp³-hybridized carbons (Fsp3) is 0.333. The lowest BCUT2D eigenvalue weighted by Gasteiger charge is -2.41. The van der Waals surface area contributed by atoms with E-state index in [1.165, 1.54) is 0 Å². The Bertz CT molecular complexity index is 1000. The zero-order valence-electron chi connectivity index (χ0n) is 16.3. The average molecular weight is 392 g/mol. The highest BCUT2D eigenvalue weighted by atomic mass is 16.2. The molecule has 0 radical (unpaired) electrons. The van der Waals surface area contributed by atoms with Gasteiger partial charge in [0.25, 0.3) is 5.91 Å². The lowest BCUT2D eigenvalue weighted by Crippen LogP contribution is -2.54. The number of benzene rings is 1. The van der Waals surface area contributed by atoms with Gasteiger partial charge in [-0.2, -0.15) is 5.10 Å². The van der Waals surface area contributed by atoms with Gasteiger partial charge in [0, 0.05) is 67.7 Å². The van der Waals surface area contributed by atoms with Gasteiger partial charge in [0.1, 0.15) is 0 Å². The predicted molar refractivity (Wildman–Crippen MR) is 111 cm³/mol. The number of nitrogens with one attached hydrogen (secondary N) is 2. The maximum Gasteiger partial charge on any atom is 0.251 e. The van der Waals surface area contributed by atoms with Gasteiger partial charge in [-0.15, -0.1) is 0 Å². The molecule has 1 aliphatic heterocycles. The number of H-pyrrole nitrogens is 1. The highest BCUT2D eigenvalue weighted by molar-refractivity contribution is 5.98. The lowest BCUT2D eigenvalue weighted by molar-refractivity contribution is -0.131. The Morgan fingerprint density at radius 1 is 1.21 bits per heavy atom. The Labute approximate surface area is 168 Å². The molecule has 3 aromatic rings. The summed E-state index contributed by atoms with van der Waals surface area (Å²) in [5, 5.41) is 10.5. The minimum absolute atomic E-state index is 0.0665. The van der Waals surface area contributed by atoms with E-state index in [0.717, 1.165) is 23.1 Å². The van der Waals surface area contributed by atoms with Crippen molar-refractivity contribution in [1.29, 1.82) is 0 Å². The first-order valence-corrected chi connectivity index (χ1v) is 9.77. The number of hydrogen-bond acceptors (Lipinski definition) is 5. The van der Waals surface area contributed by atoms with Crippen LogP contribution in [0.25, 0.3) is 10.9 Å². The van der Waals surface area contributed by atoms with Crippen molar-refractivity contribution in [2.24, 2.45) is 0 Å². The highest BCUT2D eigenvalue weighted by Gasteiger charge is 2.26. The number of fused-ring (bicyclic) bond motifs is 1. The van der Waals surface area contributed by atoms with Gasteiger partial charge in [-0.05, 0) is 37.3 Å². The molecule has 8 nitrogen and oxygen atoms in total. The molecule has 8 heteroatoms. The first kappa shape index (κ1) is 18.9. The molecule has 0 spiro atoms. The summed E-state index contributed by atoms with van der Waals surface area (Å²) in [6, 6.07) is 9.57. The summed E-state index contributed by atoms with van der Waals surface area (Å²) < 4.78 is 0. The molecule has 1 atom stereocenters. The summed E-state index contributed by atoms with van der Waals surface area (Å²) in [4.78, 5) is 33.2. The first-order valence-electron chi connectivity index (χ1n) is 9.77. The minimum atomic E-state index is -0.184. The molecule has 4 rings (SSSR count). The normalized spacial score (nSPS) is 16.8. The third-order valence-corrected chi connectivity index (χ3v) is 5.30. The van der Waals surface area contributed by atoms with Crippen LogP contribution in [0.2, 0.25) is 0 Å². The quantitative estimate of drug-likeness (QED) is 0.691. The van der Waals surface area contributed by atoms with Gasteiger partial charge in [0.05, 0.1) is 11.7 Å². The van der Waals surface area contributed by atoms with Crippen molar-refractivity contribution in [2.45, 2.75) is 19.4 Å².